The first-order valence-corrected chi connectivity index (χ1v) is 11.2. The van der Waals surface area contributed by atoms with E-state index in [9.17, 15) is 14.4 Å². The second kappa shape index (κ2) is 12.0. The molecule has 0 unspecified atom stereocenters. The van der Waals surface area contributed by atoms with Crippen LogP contribution < -0.4 is 16.0 Å². The van der Waals surface area contributed by atoms with E-state index < -0.39 is 0 Å². The second-order valence-electron chi connectivity index (χ2n) is 6.55. The molecule has 3 amide bonds. The first kappa shape index (κ1) is 21.8. The molecule has 1 aliphatic carbocycles. The van der Waals surface area contributed by atoms with Crippen molar-refractivity contribution < 1.29 is 14.4 Å². The van der Waals surface area contributed by atoms with Gasteiger partial charge in [-0.1, -0.05) is 41.3 Å². The average Bonchev–Trinajstić information content (AvgIpc) is 2.62. The van der Waals surface area contributed by atoms with Crippen molar-refractivity contribution in [3.8, 4) is 0 Å². The third kappa shape index (κ3) is 9.28. The van der Waals surface area contributed by atoms with Gasteiger partial charge < -0.3 is 16.0 Å². The van der Waals surface area contributed by atoms with Crippen LogP contribution in [0.1, 0.15) is 38.5 Å². The lowest BCUT2D eigenvalue weighted by Gasteiger charge is -2.22. The van der Waals surface area contributed by atoms with E-state index in [-0.39, 0.29) is 35.6 Å². The number of carbonyl (C=O) groups excluding carboxylic acids is 3. The zero-order valence-corrected chi connectivity index (χ0v) is 17.7. The first-order valence-electron chi connectivity index (χ1n) is 9.22. The van der Waals surface area contributed by atoms with Gasteiger partial charge in [-0.15, -0.1) is 11.8 Å². The molecule has 0 atom stereocenters. The molecule has 27 heavy (non-hydrogen) atoms. The minimum atomic E-state index is -0.166. The number of nitrogens with one attached hydrogen (secondary N) is 3. The summed E-state index contributed by atoms with van der Waals surface area (Å²) >= 11 is 4.59. The second-order valence-corrected chi connectivity index (χ2v) is 8.45. The molecule has 1 aromatic carbocycles. The van der Waals surface area contributed by atoms with Gasteiger partial charge in [0.15, 0.2) is 0 Å². The Morgan fingerprint density at radius 3 is 2.52 bits per heavy atom. The molecule has 148 valence electrons. The molecule has 1 saturated carbocycles. The van der Waals surface area contributed by atoms with Crippen molar-refractivity contribution in [1.82, 2.24) is 10.6 Å². The molecule has 0 aliphatic heterocycles. The molecule has 0 spiro atoms. The first-order chi connectivity index (χ1) is 13.0. The molecule has 1 fully saturated rings. The van der Waals surface area contributed by atoms with Crippen LogP contribution in [0, 0.1) is 0 Å². The molecule has 2 rings (SSSR count). The molecule has 0 saturated heterocycles. The number of anilines is 1. The molecule has 8 heteroatoms. The number of hydrogen-bond donors (Lipinski definition) is 3. The van der Waals surface area contributed by atoms with E-state index in [4.69, 9.17) is 0 Å². The summed E-state index contributed by atoms with van der Waals surface area (Å²) in [5.74, 6) is 0.0554. The number of rotatable bonds is 9. The fourth-order valence-electron chi connectivity index (χ4n) is 2.91. The average molecular weight is 456 g/mol. The zero-order valence-electron chi connectivity index (χ0n) is 15.3. The Bertz CT molecular complexity index is 651. The highest BCUT2D eigenvalue weighted by Crippen LogP contribution is 2.17. The predicted octanol–water partition coefficient (Wildman–Crippen LogP) is 3.08. The summed E-state index contributed by atoms with van der Waals surface area (Å²) in [5, 5.41) is 8.53. The Balaban J connectivity index is 1.52. The molecule has 1 aliphatic rings. The van der Waals surface area contributed by atoms with Crippen molar-refractivity contribution >= 4 is 51.1 Å². The van der Waals surface area contributed by atoms with Gasteiger partial charge in [0.05, 0.1) is 11.5 Å². The molecule has 1 aromatic rings. The number of thioether (sulfide) groups is 1. The van der Waals surface area contributed by atoms with Crippen molar-refractivity contribution in [2.45, 2.75) is 44.6 Å². The van der Waals surface area contributed by atoms with Crippen LogP contribution >= 0.6 is 27.7 Å². The van der Waals surface area contributed by atoms with Crippen LogP contribution in [-0.4, -0.2) is 41.8 Å². The highest BCUT2D eigenvalue weighted by Gasteiger charge is 2.15. The summed E-state index contributed by atoms with van der Waals surface area (Å²) < 4.78 is 0.889. The van der Waals surface area contributed by atoms with Gasteiger partial charge in [-0.3, -0.25) is 14.4 Å². The van der Waals surface area contributed by atoms with Crippen LogP contribution in [0.2, 0.25) is 0 Å². The van der Waals surface area contributed by atoms with E-state index in [2.05, 4.69) is 31.9 Å². The van der Waals surface area contributed by atoms with Crippen molar-refractivity contribution in [1.29, 1.82) is 0 Å². The summed E-state index contributed by atoms with van der Waals surface area (Å²) in [4.78, 5) is 35.5. The highest BCUT2D eigenvalue weighted by atomic mass is 79.9. The lowest BCUT2D eigenvalue weighted by Crippen LogP contribution is -2.38. The van der Waals surface area contributed by atoms with Gasteiger partial charge in [-0.25, -0.2) is 0 Å². The summed E-state index contributed by atoms with van der Waals surface area (Å²) in [7, 11) is 0. The standard InChI is InChI=1S/C19H26BrN3O3S/c20-14-5-4-8-16(11-14)23-19(26)13-27-12-18(25)21-10-9-17(24)22-15-6-2-1-3-7-15/h4-5,8,11,15H,1-3,6-7,9-10,12-13H2,(H,21,25)(H,22,24)(H,23,26). The van der Waals surface area contributed by atoms with Crippen molar-refractivity contribution in [2.24, 2.45) is 0 Å². The molecular weight excluding hydrogens is 430 g/mol. The Kier molecular flexibility index (Phi) is 9.69. The zero-order chi connectivity index (χ0) is 19.5. The Morgan fingerprint density at radius 2 is 1.78 bits per heavy atom. The van der Waals surface area contributed by atoms with E-state index in [1.54, 1.807) is 6.07 Å². The van der Waals surface area contributed by atoms with Gasteiger partial charge in [-0.2, -0.15) is 0 Å². The van der Waals surface area contributed by atoms with Gasteiger partial charge >= 0.3 is 0 Å². The molecule has 3 N–H and O–H groups in total. The fourth-order valence-corrected chi connectivity index (χ4v) is 3.96. The summed E-state index contributed by atoms with van der Waals surface area (Å²) in [5.41, 5.74) is 0.711. The molecule has 0 bridgehead atoms. The largest absolute Gasteiger partial charge is 0.355 e. The molecular formula is C19H26BrN3O3S. The Labute approximate surface area is 172 Å². The molecule has 0 aromatic heterocycles. The van der Waals surface area contributed by atoms with Crippen LogP contribution in [0.4, 0.5) is 5.69 Å². The van der Waals surface area contributed by atoms with Gasteiger partial charge in [-0.05, 0) is 31.0 Å². The number of amides is 3. The van der Waals surface area contributed by atoms with Crippen LogP contribution in [0.5, 0.6) is 0 Å². The van der Waals surface area contributed by atoms with Crippen molar-refractivity contribution in [3.05, 3.63) is 28.7 Å². The maximum absolute atomic E-state index is 11.9. The monoisotopic (exact) mass is 455 g/mol. The minimum Gasteiger partial charge on any atom is -0.355 e. The lowest BCUT2D eigenvalue weighted by atomic mass is 9.95. The Hall–Kier alpha value is -1.54. The van der Waals surface area contributed by atoms with E-state index in [1.165, 1.54) is 31.0 Å². The van der Waals surface area contributed by atoms with Gasteiger partial charge in [0, 0.05) is 29.2 Å². The van der Waals surface area contributed by atoms with Crippen molar-refractivity contribution in [2.75, 3.05) is 23.4 Å². The number of halogens is 1. The van der Waals surface area contributed by atoms with Crippen LogP contribution in [0.3, 0.4) is 0 Å². The van der Waals surface area contributed by atoms with Crippen molar-refractivity contribution in [3.63, 3.8) is 0 Å². The number of carbonyl (C=O) groups is 3. The van der Waals surface area contributed by atoms with Gasteiger partial charge in [0.25, 0.3) is 0 Å². The quantitative estimate of drug-likeness (QED) is 0.533. The van der Waals surface area contributed by atoms with Gasteiger partial charge in [0.2, 0.25) is 17.7 Å². The van der Waals surface area contributed by atoms with Crippen LogP contribution in [0.15, 0.2) is 28.7 Å². The van der Waals surface area contributed by atoms with Gasteiger partial charge in [0.1, 0.15) is 0 Å². The normalized spacial score (nSPS) is 14.4. The van der Waals surface area contributed by atoms with E-state index in [0.29, 0.717) is 18.3 Å². The summed E-state index contributed by atoms with van der Waals surface area (Å²) in [6, 6.07) is 7.63. The molecule has 0 heterocycles. The molecule has 6 nitrogen and oxygen atoms in total. The highest BCUT2D eigenvalue weighted by molar-refractivity contribution is 9.10. The maximum atomic E-state index is 11.9. The van der Waals surface area contributed by atoms with E-state index in [0.717, 1.165) is 17.3 Å². The van der Waals surface area contributed by atoms with E-state index >= 15 is 0 Å². The third-order valence-corrected chi connectivity index (χ3v) is 5.65. The number of benzene rings is 1. The fraction of sp³-hybridized carbons (Fsp3) is 0.526. The topological polar surface area (TPSA) is 87.3 Å². The minimum absolute atomic E-state index is 0.0109. The smallest absolute Gasteiger partial charge is 0.234 e. The summed E-state index contributed by atoms with van der Waals surface area (Å²) in [6.07, 6.45) is 5.99. The third-order valence-electron chi connectivity index (χ3n) is 4.22. The lowest BCUT2D eigenvalue weighted by molar-refractivity contribution is -0.122. The maximum Gasteiger partial charge on any atom is 0.234 e. The Morgan fingerprint density at radius 1 is 1.04 bits per heavy atom. The predicted molar refractivity (Wildman–Crippen MR) is 113 cm³/mol. The number of hydrogen-bond acceptors (Lipinski definition) is 4. The SMILES string of the molecule is O=C(CSCC(=O)Nc1cccc(Br)c1)NCCC(=O)NC1CCCCC1. The van der Waals surface area contributed by atoms with Crippen LogP contribution in [-0.2, 0) is 14.4 Å². The summed E-state index contributed by atoms with van der Waals surface area (Å²) in [6.45, 7) is 0.322. The molecule has 0 radical (unpaired) electrons. The van der Waals surface area contributed by atoms with E-state index in [1.807, 2.05) is 18.2 Å². The van der Waals surface area contributed by atoms with Crippen LogP contribution in [0.25, 0.3) is 0 Å².